The Kier molecular flexibility index (Phi) is 4.77. The van der Waals surface area contributed by atoms with Crippen molar-refractivity contribution < 1.29 is 14.5 Å². The van der Waals surface area contributed by atoms with Gasteiger partial charge in [0.05, 0.1) is 16.4 Å². The molecule has 0 saturated carbocycles. The molecule has 0 aliphatic carbocycles. The van der Waals surface area contributed by atoms with Crippen LogP contribution in [-0.2, 0) is 11.2 Å². The van der Waals surface area contributed by atoms with Crippen LogP contribution < -0.4 is 4.74 Å². The molecular weight excluding hydrogens is 317 g/mol. The normalized spacial score (nSPS) is 10.2. The topological polar surface area (TPSA) is 69.4 Å². The lowest BCUT2D eigenvalue weighted by molar-refractivity contribution is -0.384. The molecule has 0 bridgehead atoms. The van der Waals surface area contributed by atoms with Crippen LogP contribution >= 0.6 is 23.2 Å². The van der Waals surface area contributed by atoms with Crippen LogP contribution in [0.25, 0.3) is 0 Å². The second-order valence-corrected chi connectivity index (χ2v) is 5.00. The third-order valence-electron chi connectivity index (χ3n) is 2.59. The summed E-state index contributed by atoms with van der Waals surface area (Å²) in [7, 11) is 0. The minimum Gasteiger partial charge on any atom is -0.425 e. The Balaban J connectivity index is 2.08. The van der Waals surface area contributed by atoms with Crippen molar-refractivity contribution in [1.29, 1.82) is 0 Å². The van der Waals surface area contributed by atoms with Crippen LogP contribution in [-0.4, -0.2) is 10.9 Å². The highest BCUT2D eigenvalue weighted by molar-refractivity contribution is 6.32. The van der Waals surface area contributed by atoms with E-state index in [1.165, 1.54) is 12.1 Å². The Morgan fingerprint density at radius 3 is 2.57 bits per heavy atom. The van der Waals surface area contributed by atoms with E-state index in [1.807, 2.05) is 0 Å². The van der Waals surface area contributed by atoms with Gasteiger partial charge < -0.3 is 4.74 Å². The second kappa shape index (κ2) is 6.56. The van der Waals surface area contributed by atoms with Crippen molar-refractivity contribution in [3.05, 3.63) is 68.2 Å². The zero-order valence-electron chi connectivity index (χ0n) is 10.6. The molecule has 0 N–H and O–H groups in total. The summed E-state index contributed by atoms with van der Waals surface area (Å²) in [6.07, 6.45) is 0.0217. The SMILES string of the molecule is O=C(Cc1cccc(Cl)c1)Oc1ccc([N+](=O)[O-])cc1Cl. The van der Waals surface area contributed by atoms with Crippen molar-refractivity contribution in [2.24, 2.45) is 0 Å². The van der Waals surface area contributed by atoms with E-state index in [0.29, 0.717) is 10.6 Å². The average molecular weight is 326 g/mol. The van der Waals surface area contributed by atoms with Crippen molar-refractivity contribution in [2.45, 2.75) is 6.42 Å². The summed E-state index contributed by atoms with van der Waals surface area (Å²) in [6.45, 7) is 0. The largest absolute Gasteiger partial charge is 0.425 e. The molecule has 2 rings (SSSR count). The maximum Gasteiger partial charge on any atom is 0.315 e. The van der Waals surface area contributed by atoms with E-state index < -0.39 is 10.9 Å². The summed E-state index contributed by atoms with van der Waals surface area (Å²) in [4.78, 5) is 21.8. The lowest BCUT2D eigenvalue weighted by Gasteiger charge is -2.06. The number of rotatable bonds is 4. The molecule has 0 radical (unpaired) electrons. The monoisotopic (exact) mass is 325 g/mol. The number of nitrogens with zero attached hydrogens (tertiary/aromatic N) is 1. The number of halogens is 2. The molecule has 0 amide bonds. The predicted octanol–water partition coefficient (Wildman–Crippen LogP) is 4.05. The zero-order chi connectivity index (χ0) is 15.4. The number of benzene rings is 2. The van der Waals surface area contributed by atoms with Gasteiger partial charge in [0.2, 0.25) is 0 Å². The van der Waals surface area contributed by atoms with E-state index in [4.69, 9.17) is 27.9 Å². The molecule has 0 saturated heterocycles. The fraction of sp³-hybridized carbons (Fsp3) is 0.0714. The summed E-state index contributed by atoms with van der Waals surface area (Å²) in [6, 6.07) is 10.5. The molecule has 108 valence electrons. The number of hydrogen-bond acceptors (Lipinski definition) is 4. The van der Waals surface area contributed by atoms with Crippen molar-refractivity contribution >= 4 is 34.9 Å². The molecule has 5 nitrogen and oxygen atoms in total. The van der Waals surface area contributed by atoms with Crippen molar-refractivity contribution in [2.75, 3.05) is 0 Å². The van der Waals surface area contributed by atoms with Gasteiger partial charge >= 0.3 is 5.97 Å². The van der Waals surface area contributed by atoms with Crippen LogP contribution in [0.4, 0.5) is 5.69 Å². The van der Waals surface area contributed by atoms with Gasteiger partial charge in [-0.25, -0.2) is 0 Å². The molecule has 21 heavy (non-hydrogen) atoms. The highest BCUT2D eigenvalue weighted by Crippen LogP contribution is 2.29. The van der Waals surface area contributed by atoms with E-state index in [-0.39, 0.29) is 22.9 Å². The minimum absolute atomic E-state index is 0.00337. The first kappa shape index (κ1) is 15.3. The predicted molar refractivity (Wildman–Crippen MR) is 78.9 cm³/mol. The van der Waals surface area contributed by atoms with Crippen LogP contribution in [0.15, 0.2) is 42.5 Å². The van der Waals surface area contributed by atoms with E-state index in [2.05, 4.69) is 0 Å². The maximum absolute atomic E-state index is 11.8. The molecule has 2 aromatic rings. The molecule has 0 aliphatic rings. The lowest BCUT2D eigenvalue weighted by atomic mass is 10.1. The number of nitro benzene ring substituents is 1. The van der Waals surface area contributed by atoms with Gasteiger partial charge in [0.25, 0.3) is 5.69 Å². The molecule has 0 unspecified atom stereocenters. The van der Waals surface area contributed by atoms with Gasteiger partial charge in [-0.05, 0) is 23.8 Å². The summed E-state index contributed by atoms with van der Waals surface area (Å²) < 4.78 is 5.09. The number of carbonyl (C=O) groups excluding carboxylic acids is 1. The third kappa shape index (κ3) is 4.18. The highest BCUT2D eigenvalue weighted by Gasteiger charge is 2.13. The molecule has 0 atom stereocenters. The first-order valence-electron chi connectivity index (χ1n) is 5.85. The highest BCUT2D eigenvalue weighted by atomic mass is 35.5. The molecule has 7 heteroatoms. The quantitative estimate of drug-likeness (QED) is 0.368. The smallest absolute Gasteiger partial charge is 0.315 e. The van der Waals surface area contributed by atoms with Crippen LogP contribution in [0, 0.1) is 10.1 Å². The minimum atomic E-state index is -0.580. The molecular formula is C14H9Cl2NO4. The van der Waals surface area contributed by atoms with Crippen molar-refractivity contribution in [3.8, 4) is 5.75 Å². The van der Waals surface area contributed by atoms with Crippen molar-refractivity contribution in [3.63, 3.8) is 0 Å². The Morgan fingerprint density at radius 1 is 1.19 bits per heavy atom. The number of ether oxygens (including phenoxy) is 1. The van der Waals surface area contributed by atoms with Gasteiger partial charge in [-0.3, -0.25) is 14.9 Å². The fourth-order valence-corrected chi connectivity index (χ4v) is 2.08. The van der Waals surface area contributed by atoms with Crippen LogP contribution in [0.3, 0.4) is 0 Å². The summed E-state index contributed by atoms with van der Waals surface area (Å²) >= 11 is 11.7. The van der Waals surface area contributed by atoms with Gasteiger partial charge in [-0.1, -0.05) is 35.3 Å². The number of carbonyl (C=O) groups is 1. The number of nitro groups is 1. The zero-order valence-corrected chi connectivity index (χ0v) is 12.1. The van der Waals surface area contributed by atoms with Crippen LogP contribution in [0.1, 0.15) is 5.56 Å². The molecule has 0 aromatic heterocycles. The van der Waals surface area contributed by atoms with E-state index in [0.717, 1.165) is 6.07 Å². The Hall–Kier alpha value is -2.11. The summed E-state index contributed by atoms with van der Waals surface area (Å²) in [5, 5.41) is 11.1. The van der Waals surface area contributed by atoms with Gasteiger partial charge in [0.15, 0.2) is 0 Å². The Bertz CT molecular complexity index is 703. The van der Waals surface area contributed by atoms with Gasteiger partial charge in [0, 0.05) is 17.2 Å². The number of esters is 1. The summed E-state index contributed by atoms with van der Waals surface area (Å²) in [5.41, 5.74) is 0.528. The van der Waals surface area contributed by atoms with E-state index in [1.54, 1.807) is 24.3 Å². The fourth-order valence-electron chi connectivity index (χ4n) is 1.66. The Labute approximate surface area is 130 Å². The average Bonchev–Trinajstić information content (AvgIpc) is 2.40. The first-order chi connectivity index (χ1) is 9.95. The van der Waals surface area contributed by atoms with Gasteiger partial charge in [-0.15, -0.1) is 0 Å². The lowest BCUT2D eigenvalue weighted by Crippen LogP contribution is -2.11. The third-order valence-corrected chi connectivity index (χ3v) is 3.12. The number of non-ortho nitro benzene ring substituents is 1. The molecule has 0 fully saturated rings. The van der Waals surface area contributed by atoms with Crippen LogP contribution in [0.2, 0.25) is 10.0 Å². The molecule has 0 spiro atoms. The standard InChI is InChI=1S/C14H9Cl2NO4/c15-10-3-1-2-9(6-10)7-14(18)21-13-5-4-11(17(19)20)8-12(13)16/h1-6,8H,7H2. The molecule has 0 heterocycles. The molecule has 2 aromatic carbocycles. The van der Waals surface area contributed by atoms with E-state index >= 15 is 0 Å². The molecule has 0 aliphatic heterocycles. The Morgan fingerprint density at radius 2 is 1.95 bits per heavy atom. The van der Waals surface area contributed by atoms with Gasteiger partial charge in [-0.2, -0.15) is 0 Å². The maximum atomic E-state index is 11.8. The number of hydrogen-bond donors (Lipinski definition) is 0. The van der Waals surface area contributed by atoms with E-state index in [9.17, 15) is 14.9 Å². The van der Waals surface area contributed by atoms with Crippen LogP contribution in [0.5, 0.6) is 5.75 Å². The second-order valence-electron chi connectivity index (χ2n) is 4.15. The van der Waals surface area contributed by atoms with Crippen molar-refractivity contribution in [1.82, 2.24) is 0 Å². The summed E-state index contributed by atoms with van der Waals surface area (Å²) in [5.74, 6) is -0.456. The first-order valence-corrected chi connectivity index (χ1v) is 6.60. The van der Waals surface area contributed by atoms with Gasteiger partial charge in [0.1, 0.15) is 5.75 Å².